The Bertz CT molecular complexity index is 779. The minimum Gasteiger partial charge on any atom is -0.476 e. The predicted octanol–water partition coefficient (Wildman–Crippen LogP) is 1.70. The maximum Gasteiger partial charge on any atom is 0.358 e. The molecule has 0 spiro atoms. The molecule has 0 amide bonds. The smallest absolute Gasteiger partial charge is 0.358 e. The molecule has 3 rings (SSSR count). The summed E-state index contributed by atoms with van der Waals surface area (Å²) in [5.41, 5.74) is 1.27. The quantitative estimate of drug-likeness (QED) is 0.746. The third-order valence-electron chi connectivity index (χ3n) is 3.45. The summed E-state index contributed by atoms with van der Waals surface area (Å²) in [6.45, 7) is 1.18. The third-order valence-corrected chi connectivity index (χ3v) is 3.45. The van der Waals surface area contributed by atoms with E-state index in [-0.39, 0.29) is 11.5 Å². The lowest BCUT2D eigenvalue weighted by molar-refractivity contribution is 0.0684. The van der Waals surface area contributed by atoms with Crippen molar-refractivity contribution in [3.8, 4) is 0 Å². The van der Waals surface area contributed by atoms with Crippen LogP contribution in [0.1, 0.15) is 21.8 Å². The average Bonchev–Trinajstić information content (AvgIpc) is 3.06. The molecule has 22 heavy (non-hydrogen) atoms. The average molecular weight is 300 g/mol. The first-order valence-electron chi connectivity index (χ1n) is 6.92. The van der Waals surface area contributed by atoms with E-state index in [1.165, 1.54) is 16.4 Å². The first-order valence-corrected chi connectivity index (χ1v) is 6.92. The number of carboxylic acid groups (broad SMARTS) is 1. The van der Waals surface area contributed by atoms with E-state index in [1.807, 2.05) is 30.1 Å². The van der Waals surface area contributed by atoms with Crippen molar-refractivity contribution in [1.82, 2.24) is 19.5 Å². The summed E-state index contributed by atoms with van der Waals surface area (Å²) in [6.07, 6.45) is 2.16. The number of rotatable bonds is 6. The molecule has 0 unspecified atom stereocenters. The maximum atomic E-state index is 11.4. The molecule has 7 nitrogen and oxygen atoms in total. The Balaban J connectivity index is 1.71. The zero-order valence-electron chi connectivity index (χ0n) is 12.1. The van der Waals surface area contributed by atoms with E-state index in [9.17, 15) is 9.90 Å². The van der Waals surface area contributed by atoms with Crippen LogP contribution < -0.4 is 0 Å². The molecule has 0 fully saturated rings. The van der Waals surface area contributed by atoms with Crippen molar-refractivity contribution in [3.05, 3.63) is 53.7 Å². The van der Waals surface area contributed by atoms with Crippen LogP contribution in [0.3, 0.4) is 0 Å². The molecule has 0 bridgehead atoms. The van der Waals surface area contributed by atoms with Gasteiger partial charge in [-0.2, -0.15) is 14.6 Å². The predicted molar refractivity (Wildman–Crippen MR) is 78.7 cm³/mol. The van der Waals surface area contributed by atoms with Crippen LogP contribution in [-0.4, -0.2) is 44.2 Å². The van der Waals surface area contributed by atoms with Gasteiger partial charge in [-0.3, -0.25) is 4.90 Å². The minimum atomic E-state index is -1.07. The van der Waals surface area contributed by atoms with Crippen LogP contribution in [0.2, 0.25) is 0 Å². The molecule has 0 aliphatic carbocycles. The van der Waals surface area contributed by atoms with E-state index in [4.69, 9.17) is 4.42 Å². The molecule has 1 aromatic carbocycles. The monoisotopic (exact) mass is 300 g/mol. The summed E-state index contributed by atoms with van der Waals surface area (Å²) < 4.78 is 6.70. The topological polar surface area (TPSA) is 83.9 Å². The van der Waals surface area contributed by atoms with Gasteiger partial charge in [-0.05, 0) is 19.0 Å². The van der Waals surface area contributed by atoms with Gasteiger partial charge in [-0.25, -0.2) is 4.79 Å². The Morgan fingerprint density at radius 1 is 1.36 bits per heavy atom. The van der Waals surface area contributed by atoms with Gasteiger partial charge in [-0.1, -0.05) is 30.3 Å². The molecule has 3 aromatic rings. The van der Waals surface area contributed by atoms with Crippen molar-refractivity contribution in [2.75, 3.05) is 13.6 Å². The zero-order valence-corrected chi connectivity index (χ0v) is 12.1. The highest BCUT2D eigenvalue weighted by Gasteiger charge is 2.22. The van der Waals surface area contributed by atoms with Crippen molar-refractivity contribution in [2.24, 2.45) is 0 Å². The van der Waals surface area contributed by atoms with Crippen LogP contribution >= 0.6 is 0 Å². The molecule has 7 heteroatoms. The fourth-order valence-electron chi connectivity index (χ4n) is 2.34. The summed E-state index contributed by atoms with van der Waals surface area (Å²) in [5.74, 6) is -0.516. The van der Waals surface area contributed by atoms with Crippen molar-refractivity contribution in [2.45, 2.75) is 13.0 Å². The number of nitrogens with zero attached hydrogens (tertiary/aromatic N) is 4. The highest BCUT2D eigenvalue weighted by Crippen LogP contribution is 2.16. The lowest BCUT2D eigenvalue weighted by atomic mass is 10.1. The van der Waals surface area contributed by atoms with Gasteiger partial charge >= 0.3 is 11.8 Å². The van der Waals surface area contributed by atoms with E-state index in [2.05, 4.69) is 22.2 Å². The number of hydrogen-bond acceptors (Lipinski definition) is 5. The van der Waals surface area contributed by atoms with Crippen molar-refractivity contribution in [3.63, 3.8) is 0 Å². The standard InChI is InChI=1S/C15H16N4O3/c1-18(8-7-11-5-3-2-4-6-11)9-12-13(14(20)21)19-15(22-12)16-10-17-19/h2-6,10H,7-9H2,1H3,(H,20,21). The number of oxazole rings is 1. The molecule has 114 valence electrons. The highest BCUT2D eigenvalue weighted by atomic mass is 16.4. The summed E-state index contributed by atoms with van der Waals surface area (Å²) in [4.78, 5) is 17.3. The summed E-state index contributed by atoms with van der Waals surface area (Å²) in [5, 5.41) is 13.2. The normalized spacial score (nSPS) is 11.4. The number of aromatic carboxylic acids is 1. The van der Waals surface area contributed by atoms with Gasteiger partial charge in [0.25, 0.3) is 0 Å². The largest absolute Gasteiger partial charge is 0.476 e. The van der Waals surface area contributed by atoms with E-state index >= 15 is 0 Å². The molecule has 0 aliphatic rings. The van der Waals surface area contributed by atoms with Gasteiger partial charge in [0.1, 0.15) is 6.33 Å². The number of carbonyl (C=O) groups is 1. The lowest BCUT2D eigenvalue weighted by Gasteiger charge is -2.15. The molecule has 2 heterocycles. The van der Waals surface area contributed by atoms with Crippen LogP contribution in [0.25, 0.3) is 5.84 Å². The molecule has 0 saturated heterocycles. The van der Waals surface area contributed by atoms with Gasteiger partial charge in [0.05, 0.1) is 6.54 Å². The third kappa shape index (κ3) is 2.84. The van der Waals surface area contributed by atoms with Crippen LogP contribution in [0.15, 0.2) is 41.1 Å². The second-order valence-corrected chi connectivity index (χ2v) is 5.11. The molecule has 2 aromatic heterocycles. The number of likely N-dealkylation sites (N-methyl/N-ethyl adjacent to an activating group) is 1. The van der Waals surface area contributed by atoms with E-state index in [1.54, 1.807) is 0 Å². The molecular formula is C15H16N4O3. The van der Waals surface area contributed by atoms with Gasteiger partial charge in [0, 0.05) is 6.54 Å². The number of fused-ring (bicyclic) bond motifs is 1. The zero-order chi connectivity index (χ0) is 15.5. The minimum absolute atomic E-state index is 0.0269. The van der Waals surface area contributed by atoms with Crippen LogP contribution in [0, 0.1) is 0 Å². The Morgan fingerprint density at radius 2 is 2.14 bits per heavy atom. The van der Waals surface area contributed by atoms with E-state index < -0.39 is 5.97 Å². The maximum absolute atomic E-state index is 11.4. The second kappa shape index (κ2) is 5.98. The van der Waals surface area contributed by atoms with Gasteiger partial charge in [0.15, 0.2) is 11.5 Å². The number of hydrogen-bond donors (Lipinski definition) is 1. The van der Waals surface area contributed by atoms with Crippen LogP contribution in [-0.2, 0) is 13.0 Å². The number of carboxylic acids is 1. The van der Waals surface area contributed by atoms with Gasteiger partial charge in [-0.15, -0.1) is 0 Å². The fraction of sp³-hybridized carbons (Fsp3) is 0.267. The molecule has 0 radical (unpaired) electrons. The Labute approximate surface area is 126 Å². The van der Waals surface area contributed by atoms with Gasteiger partial charge in [0.2, 0.25) is 0 Å². The lowest BCUT2D eigenvalue weighted by Crippen LogP contribution is -2.22. The van der Waals surface area contributed by atoms with Gasteiger partial charge < -0.3 is 9.52 Å². The number of benzene rings is 1. The van der Waals surface area contributed by atoms with Crippen molar-refractivity contribution < 1.29 is 14.3 Å². The summed E-state index contributed by atoms with van der Waals surface area (Å²) >= 11 is 0. The Morgan fingerprint density at radius 3 is 2.86 bits per heavy atom. The number of aromatic nitrogens is 3. The van der Waals surface area contributed by atoms with Crippen LogP contribution in [0.5, 0.6) is 0 Å². The molecule has 0 aliphatic heterocycles. The molecule has 0 atom stereocenters. The summed E-state index contributed by atoms with van der Waals surface area (Å²) in [7, 11) is 1.92. The highest BCUT2D eigenvalue weighted by molar-refractivity contribution is 5.87. The first-order chi connectivity index (χ1) is 10.6. The fourth-order valence-corrected chi connectivity index (χ4v) is 2.34. The van der Waals surface area contributed by atoms with Crippen molar-refractivity contribution >= 4 is 11.8 Å². The summed E-state index contributed by atoms with van der Waals surface area (Å²) in [6, 6.07) is 10.1. The SMILES string of the molecule is CN(CCc1ccccc1)Cc1oc2ncnn2c1C(=O)O. The second-order valence-electron chi connectivity index (χ2n) is 5.11. The molecule has 0 saturated carbocycles. The van der Waals surface area contributed by atoms with E-state index in [0.29, 0.717) is 12.3 Å². The first kappa shape index (κ1) is 14.3. The van der Waals surface area contributed by atoms with E-state index in [0.717, 1.165) is 13.0 Å². The molecular weight excluding hydrogens is 284 g/mol. The van der Waals surface area contributed by atoms with Crippen LogP contribution in [0.4, 0.5) is 0 Å². The molecule has 1 N–H and O–H groups in total. The van der Waals surface area contributed by atoms with Crippen molar-refractivity contribution in [1.29, 1.82) is 0 Å². The Kier molecular flexibility index (Phi) is 3.88. The Hall–Kier alpha value is -2.67.